The monoisotopic (exact) mass is 197 g/mol. The second kappa shape index (κ2) is 3.69. The Bertz CT molecular complexity index is 357. The van der Waals surface area contributed by atoms with E-state index in [1.165, 1.54) is 7.11 Å². The number of hydrogen-bond acceptors (Lipinski definition) is 5. The van der Waals surface area contributed by atoms with E-state index in [4.69, 9.17) is 0 Å². The first-order valence-corrected chi connectivity index (χ1v) is 3.44. The van der Waals surface area contributed by atoms with Gasteiger partial charge < -0.3 is 4.74 Å². The van der Waals surface area contributed by atoms with Gasteiger partial charge in [-0.3, -0.25) is 20.2 Å². The fraction of sp³-hybridized carbons (Fsp3) is 0.143. The van der Waals surface area contributed by atoms with Crippen molar-refractivity contribution in [2.45, 2.75) is 0 Å². The van der Waals surface area contributed by atoms with Crippen LogP contribution in [0.1, 0.15) is 0 Å². The Labute approximate surface area is 78.2 Å². The van der Waals surface area contributed by atoms with E-state index >= 15 is 0 Å². The molecule has 1 aromatic carbocycles. The van der Waals surface area contributed by atoms with Gasteiger partial charge in [0.15, 0.2) is 0 Å². The molecule has 0 heterocycles. The zero-order valence-corrected chi connectivity index (χ0v) is 7.09. The van der Waals surface area contributed by atoms with Crippen LogP contribution in [-0.4, -0.2) is 17.0 Å². The summed E-state index contributed by atoms with van der Waals surface area (Å²) in [5.41, 5.74) is -0.886. The Hall–Kier alpha value is -2.18. The lowest BCUT2D eigenvalue weighted by Crippen LogP contribution is -1.94. The summed E-state index contributed by atoms with van der Waals surface area (Å²) in [6.07, 6.45) is 0. The lowest BCUT2D eigenvalue weighted by Gasteiger charge is -1.98. The third kappa shape index (κ3) is 1.94. The molecule has 0 saturated heterocycles. The standard InChI is InChI=1S/C7H5N2O5/c1-14-7-3-5(8(10)11)2-6(4-7)9(12)13/h2-3H,1H3. The zero-order valence-electron chi connectivity index (χ0n) is 7.09. The molecule has 0 fully saturated rings. The minimum atomic E-state index is -0.768. The minimum Gasteiger partial charge on any atom is -0.496 e. The molecule has 1 rings (SSSR count). The second-order valence-electron chi connectivity index (χ2n) is 2.31. The average molecular weight is 197 g/mol. The Morgan fingerprint density at radius 3 is 2.36 bits per heavy atom. The lowest BCUT2D eigenvalue weighted by atomic mass is 10.2. The van der Waals surface area contributed by atoms with Crippen LogP contribution in [0.3, 0.4) is 0 Å². The van der Waals surface area contributed by atoms with Gasteiger partial charge in [0, 0.05) is 0 Å². The predicted octanol–water partition coefficient (Wildman–Crippen LogP) is 1.31. The number of non-ortho nitro benzene ring substituents is 2. The lowest BCUT2D eigenvalue weighted by molar-refractivity contribution is -0.394. The topological polar surface area (TPSA) is 95.5 Å². The van der Waals surface area contributed by atoms with Crippen molar-refractivity contribution in [3.8, 4) is 5.75 Å². The Morgan fingerprint density at radius 2 is 1.93 bits per heavy atom. The molecule has 0 bridgehead atoms. The van der Waals surface area contributed by atoms with Crippen LogP contribution in [0.5, 0.6) is 5.75 Å². The van der Waals surface area contributed by atoms with Gasteiger partial charge in [0.2, 0.25) is 0 Å². The van der Waals surface area contributed by atoms with E-state index in [9.17, 15) is 20.2 Å². The summed E-state index contributed by atoms with van der Waals surface area (Å²) in [5, 5.41) is 20.7. The highest BCUT2D eigenvalue weighted by Gasteiger charge is 2.17. The normalized spacial score (nSPS) is 9.50. The molecule has 7 nitrogen and oxygen atoms in total. The quantitative estimate of drug-likeness (QED) is 0.537. The third-order valence-corrected chi connectivity index (χ3v) is 1.44. The molecule has 14 heavy (non-hydrogen) atoms. The molecule has 0 N–H and O–H groups in total. The first-order valence-electron chi connectivity index (χ1n) is 3.44. The van der Waals surface area contributed by atoms with Gasteiger partial charge >= 0.3 is 0 Å². The van der Waals surface area contributed by atoms with Gasteiger partial charge in [0.25, 0.3) is 11.4 Å². The Kier molecular flexibility index (Phi) is 2.61. The van der Waals surface area contributed by atoms with Gasteiger partial charge in [-0.25, -0.2) is 0 Å². The van der Waals surface area contributed by atoms with Crippen molar-refractivity contribution in [3.05, 3.63) is 38.4 Å². The van der Waals surface area contributed by atoms with E-state index in [1.54, 1.807) is 0 Å². The number of hydrogen-bond donors (Lipinski definition) is 0. The largest absolute Gasteiger partial charge is 0.496 e. The summed E-state index contributed by atoms with van der Waals surface area (Å²) in [6, 6.07) is 4.15. The molecule has 0 aromatic heterocycles. The summed E-state index contributed by atoms with van der Waals surface area (Å²) in [7, 11) is 1.25. The minimum absolute atomic E-state index is 0.0362. The summed E-state index contributed by atoms with van der Waals surface area (Å²) in [6.45, 7) is 0. The number of nitro groups is 2. The molecule has 7 heteroatoms. The smallest absolute Gasteiger partial charge is 0.288 e. The first-order chi connectivity index (χ1) is 6.54. The Balaban J connectivity index is 3.27. The highest BCUT2D eigenvalue weighted by Crippen LogP contribution is 2.25. The van der Waals surface area contributed by atoms with E-state index in [0.29, 0.717) is 0 Å². The number of methoxy groups -OCH3 is 1. The fourth-order valence-electron chi connectivity index (χ4n) is 0.828. The highest BCUT2D eigenvalue weighted by molar-refractivity contribution is 5.48. The van der Waals surface area contributed by atoms with Gasteiger partial charge in [-0.05, 0) is 0 Å². The Morgan fingerprint density at radius 1 is 1.29 bits per heavy atom. The molecule has 0 unspecified atom stereocenters. The van der Waals surface area contributed by atoms with Crippen LogP contribution in [0.4, 0.5) is 11.4 Å². The molecule has 0 atom stereocenters. The van der Waals surface area contributed by atoms with Crippen molar-refractivity contribution in [2.24, 2.45) is 0 Å². The number of rotatable bonds is 3. The van der Waals surface area contributed by atoms with Gasteiger partial charge in [-0.1, -0.05) is 0 Å². The van der Waals surface area contributed by atoms with Crippen molar-refractivity contribution >= 4 is 11.4 Å². The molecule has 0 aliphatic rings. The molecule has 1 radical (unpaired) electrons. The summed E-state index contributed by atoms with van der Waals surface area (Å²) < 4.78 is 4.63. The SMILES string of the molecule is COc1[c]c([N+](=O)[O-])cc([N+](=O)[O-])c1. The molecule has 0 aliphatic carbocycles. The molecule has 0 amide bonds. The maximum atomic E-state index is 10.4. The molecular weight excluding hydrogens is 192 g/mol. The zero-order chi connectivity index (χ0) is 10.7. The maximum Gasteiger partial charge on any atom is 0.288 e. The number of nitro benzene ring substituents is 2. The average Bonchev–Trinajstić information content (AvgIpc) is 2.16. The van der Waals surface area contributed by atoms with Crippen molar-refractivity contribution in [3.63, 3.8) is 0 Å². The van der Waals surface area contributed by atoms with Crippen LogP contribution < -0.4 is 4.74 Å². The highest BCUT2D eigenvalue weighted by atomic mass is 16.6. The van der Waals surface area contributed by atoms with E-state index in [2.05, 4.69) is 10.8 Å². The fourth-order valence-corrected chi connectivity index (χ4v) is 0.828. The summed E-state index contributed by atoms with van der Waals surface area (Å²) in [4.78, 5) is 19.2. The molecule has 1 aromatic rings. The van der Waals surface area contributed by atoms with E-state index in [-0.39, 0.29) is 5.75 Å². The summed E-state index contributed by atoms with van der Waals surface area (Å²) >= 11 is 0. The number of ether oxygens (including phenoxy) is 1. The molecular formula is C7H5N2O5. The molecule has 0 spiro atoms. The van der Waals surface area contributed by atoms with Crippen LogP contribution >= 0.6 is 0 Å². The first kappa shape index (κ1) is 9.90. The van der Waals surface area contributed by atoms with Gasteiger partial charge in [-0.2, -0.15) is 0 Å². The summed E-state index contributed by atoms with van der Waals surface area (Å²) in [5.74, 6) is -0.0362. The number of benzene rings is 1. The van der Waals surface area contributed by atoms with Crippen molar-refractivity contribution in [2.75, 3.05) is 7.11 Å². The van der Waals surface area contributed by atoms with Gasteiger partial charge in [0.1, 0.15) is 11.8 Å². The molecule has 73 valence electrons. The van der Waals surface area contributed by atoms with Gasteiger partial charge in [0.05, 0.1) is 29.1 Å². The van der Waals surface area contributed by atoms with Crippen LogP contribution in [0.15, 0.2) is 12.1 Å². The van der Waals surface area contributed by atoms with E-state index in [1.807, 2.05) is 0 Å². The van der Waals surface area contributed by atoms with Crippen LogP contribution in [0, 0.1) is 26.3 Å². The van der Waals surface area contributed by atoms with E-state index in [0.717, 1.165) is 12.1 Å². The van der Waals surface area contributed by atoms with Crippen LogP contribution in [0.2, 0.25) is 0 Å². The van der Waals surface area contributed by atoms with Crippen LogP contribution in [0.25, 0.3) is 0 Å². The number of nitrogens with zero attached hydrogens (tertiary/aromatic N) is 2. The van der Waals surface area contributed by atoms with Crippen molar-refractivity contribution < 1.29 is 14.6 Å². The molecule has 0 aliphatic heterocycles. The van der Waals surface area contributed by atoms with Crippen molar-refractivity contribution in [1.29, 1.82) is 0 Å². The predicted molar refractivity (Wildman–Crippen MR) is 45.1 cm³/mol. The van der Waals surface area contributed by atoms with Gasteiger partial charge in [-0.15, -0.1) is 0 Å². The van der Waals surface area contributed by atoms with Crippen LogP contribution in [-0.2, 0) is 0 Å². The molecule has 0 saturated carbocycles. The third-order valence-electron chi connectivity index (χ3n) is 1.44. The van der Waals surface area contributed by atoms with E-state index < -0.39 is 21.2 Å². The maximum absolute atomic E-state index is 10.4. The van der Waals surface area contributed by atoms with Crippen molar-refractivity contribution in [1.82, 2.24) is 0 Å². The second-order valence-corrected chi connectivity index (χ2v) is 2.31.